The van der Waals surface area contributed by atoms with Crippen molar-refractivity contribution in [3.05, 3.63) is 35.9 Å². The molecule has 0 radical (unpaired) electrons. The Kier molecular flexibility index (Phi) is 4.58. The summed E-state index contributed by atoms with van der Waals surface area (Å²) in [5.41, 5.74) is 6.76. The normalized spacial score (nSPS) is 23.7. The number of aliphatic hydroxyl groups is 1. The van der Waals surface area contributed by atoms with Crippen LogP contribution in [-0.2, 0) is 5.54 Å². The number of hydrogen-bond acceptors (Lipinski definition) is 4. The van der Waals surface area contributed by atoms with E-state index in [4.69, 9.17) is 5.73 Å². The number of likely N-dealkylation sites (tertiary alicyclic amines) is 1. The summed E-state index contributed by atoms with van der Waals surface area (Å²) >= 11 is 0. The maximum absolute atomic E-state index is 9.71. The van der Waals surface area contributed by atoms with E-state index >= 15 is 0 Å². The van der Waals surface area contributed by atoms with Gasteiger partial charge in [-0.1, -0.05) is 30.3 Å². The second-order valence-corrected chi connectivity index (χ2v) is 5.82. The summed E-state index contributed by atoms with van der Waals surface area (Å²) in [7, 11) is 4.24. The number of aliphatic hydroxyl groups excluding tert-OH is 1. The average Bonchev–Trinajstić information content (AvgIpc) is 2.88. The molecule has 3 N–H and O–H groups in total. The molecule has 2 rings (SSSR count). The van der Waals surface area contributed by atoms with Crippen LogP contribution >= 0.6 is 0 Å². The number of hydrogen-bond donors (Lipinski definition) is 2. The van der Waals surface area contributed by atoms with Gasteiger partial charge < -0.3 is 15.7 Å². The van der Waals surface area contributed by atoms with Crippen LogP contribution in [0.2, 0.25) is 0 Å². The highest BCUT2D eigenvalue weighted by molar-refractivity contribution is 5.24. The molecule has 0 aliphatic carbocycles. The minimum Gasteiger partial charge on any atom is -0.394 e. The highest BCUT2D eigenvalue weighted by Crippen LogP contribution is 2.22. The fourth-order valence-electron chi connectivity index (χ4n) is 2.78. The Morgan fingerprint density at radius 1 is 1.37 bits per heavy atom. The first kappa shape index (κ1) is 14.5. The van der Waals surface area contributed by atoms with Gasteiger partial charge in [-0.05, 0) is 32.6 Å². The van der Waals surface area contributed by atoms with Crippen LogP contribution in [0.15, 0.2) is 30.3 Å². The summed E-state index contributed by atoms with van der Waals surface area (Å²) < 4.78 is 0. The van der Waals surface area contributed by atoms with Gasteiger partial charge in [0.2, 0.25) is 0 Å². The minimum absolute atomic E-state index is 0.0276. The van der Waals surface area contributed by atoms with Gasteiger partial charge in [0.15, 0.2) is 0 Å². The first-order valence-corrected chi connectivity index (χ1v) is 6.89. The van der Waals surface area contributed by atoms with Crippen LogP contribution in [0.5, 0.6) is 0 Å². The molecule has 1 aromatic rings. The van der Waals surface area contributed by atoms with Gasteiger partial charge in [-0.2, -0.15) is 0 Å². The maximum atomic E-state index is 9.71. The van der Waals surface area contributed by atoms with Gasteiger partial charge in [-0.3, -0.25) is 4.90 Å². The first-order valence-electron chi connectivity index (χ1n) is 6.89. The molecule has 1 fully saturated rings. The largest absolute Gasteiger partial charge is 0.394 e. The predicted octanol–water partition coefficient (Wildman–Crippen LogP) is 0.469. The van der Waals surface area contributed by atoms with Gasteiger partial charge in [0.1, 0.15) is 0 Å². The minimum atomic E-state index is -0.664. The van der Waals surface area contributed by atoms with E-state index in [1.54, 1.807) is 0 Å². The third kappa shape index (κ3) is 3.34. The first-order chi connectivity index (χ1) is 9.05. The van der Waals surface area contributed by atoms with Crippen molar-refractivity contribution in [2.75, 3.05) is 40.3 Å². The predicted molar refractivity (Wildman–Crippen MR) is 77.9 cm³/mol. The van der Waals surface area contributed by atoms with Gasteiger partial charge in [-0.15, -0.1) is 0 Å². The molecule has 0 saturated carbocycles. The molecule has 4 heteroatoms. The van der Waals surface area contributed by atoms with Crippen molar-refractivity contribution in [2.45, 2.75) is 18.0 Å². The zero-order valence-electron chi connectivity index (χ0n) is 11.9. The van der Waals surface area contributed by atoms with Gasteiger partial charge in [0, 0.05) is 19.1 Å². The molecule has 0 amide bonds. The molecule has 1 aliphatic rings. The van der Waals surface area contributed by atoms with E-state index in [-0.39, 0.29) is 6.61 Å². The molecule has 2 unspecified atom stereocenters. The number of rotatable bonds is 5. The molecule has 0 spiro atoms. The van der Waals surface area contributed by atoms with Gasteiger partial charge >= 0.3 is 0 Å². The summed E-state index contributed by atoms with van der Waals surface area (Å²) in [6.45, 7) is 2.76. The Morgan fingerprint density at radius 2 is 2.05 bits per heavy atom. The molecule has 0 bridgehead atoms. The number of nitrogens with two attached hydrogens (primary N) is 1. The monoisotopic (exact) mass is 263 g/mol. The van der Waals surface area contributed by atoms with Crippen LogP contribution in [0.4, 0.5) is 0 Å². The van der Waals surface area contributed by atoms with Crippen molar-refractivity contribution in [1.29, 1.82) is 0 Å². The topological polar surface area (TPSA) is 52.7 Å². The SMILES string of the molecule is CN(C)C1CCN(CC(N)(CO)c2ccccc2)C1. The van der Waals surface area contributed by atoms with Gasteiger partial charge in [0.25, 0.3) is 0 Å². The van der Waals surface area contributed by atoms with Crippen molar-refractivity contribution in [3.8, 4) is 0 Å². The van der Waals surface area contributed by atoms with Crippen LogP contribution in [0.1, 0.15) is 12.0 Å². The molecule has 1 saturated heterocycles. The molecule has 2 atom stereocenters. The summed E-state index contributed by atoms with van der Waals surface area (Å²) in [5.74, 6) is 0. The number of benzene rings is 1. The Morgan fingerprint density at radius 3 is 2.58 bits per heavy atom. The molecule has 0 aromatic heterocycles. The fraction of sp³-hybridized carbons (Fsp3) is 0.600. The number of nitrogens with zero attached hydrogens (tertiary/aromatic N) is 2. The summed E-state index contributed by atoms with van der Waals surface area (Å²) in [4.78, 5) is 4.62. The molecular weight excluding hydrogens is 238 g/mol. The Balaban J connectivity index is 2.04. The average molecular weight is 263 g/mol. The maximum Gasteiger partial charge on any atom is 0.0772 e. The van der Waals surface area contributed by atoms with E-state index in [9.17, 15) is 5.11 Å². The van der Waals surface area contributed by atoms with Crippen molar-refractivity contribution in [3.63, 3.8) is 0 Å². The lowest BCUT2D eigenvalue weighted by atomic mass is 9.91. The van der Waals surface area contributed by atoms with Crippen LogP contribution in [-0.4, -0.2) is 61.3 Å². The molecular formula is C15H25N3O. The van der Waals surface area contributed by atoms with E-state index in [0.29, 0.717) is 12.6 Å². The fourth-order valence-corrected chi connectivity index (χ4v) is 2.78. The highest BCUT2D eigenvalue weighted by atomic mass is 16.3. The van der Waals surface area contributed by atoms with Crippen LogP contribution in [0.25, 0.3) is 0 Å². The Bertz CT molecular complexity index is 396. The molecule has 4 nitrogen and oxygen atoms in total. The third-order valence-corrected chi connectivity index (χ3v) is 4.11. The zero-order chi connectivity index (χ0) is 13.9. The number of likely N-dealkylation sites (N-methyl/N-ethyl adjacent to an activating group) is 1. The highest BCUT2D eigenvalue weighted by Gasteiger charge is 2.33. The zero-order valence-corrected chi connectivity index (χ0v) is 11.9. The quantitative estimate of drug-likeness (QED) is 0.811. The smallest absolute Gasteiger partial charge is 0.0772 e. The van der Waals surface area contributed by atoms with Gasteiger partial charge in [0.05, 0.1) is 12.1 Å². The van der Waals surface area contributed by atoms with Crippen molar-refractivity contribution in [2.24, 2.45) is 5.73 Å². The Labute approximate surface area is 115 Å². The van der Waals surface area contributed by atoms with E-state index < -0.39 is 5.54 Å². The van der Waals surface area contributed by atoms with Crippen molar-refractivity contribution in [1.82, 2.24) is 9.80 Å². The molecule has 1 aliphatic heterocycles. The van der Waals surface area contributed by atoms with E-state index in [2.05, 4.69) is 23.9 Å². The lowest BCUT2D eigenvalue weighted by molar-refractivity contribution is 0.145. The van der Waals surface area contributed by atoms with E-state index in [1.165, 1.54) is 6.42 Å². The lowest BCUT2D eigenvalue weighted by Gasteiger charge is -2.32. The summed E-state index contributed by atoms with van der Waals surface area (Å²) in [6.07, 6.45) is 1.17. The van der Waals surface area contributed by atoms with Crippen LogP contribution in [0, 0.1) is 0 Å². The van der Waals surface area contributed by atoms with Crippen molar-refractivity contribution < 1.29 is 5.11 Å². The second kappa shape index (κ2) is 6.01. The Hall–Kier alpha value is -0.940. The lowest BCUT2D eigenvalue weighted by Crippen LogP contribution is -2.50. The summed E-state index contributed by atoms with van der Waals surface area (Å²) in [6, 6.07) is 10.5. The molecule has 106 valence electrons. The van der Waals surface area contributed by atoms with E-state index in [1.807, 2.05) is 30.3 Å². The van der Waals surface area contributed by atoms with E-state index in [0.717, 1.165) is 18.7 Å². The van der Waals surface area contributed by atoms with Gasteiger partial charge in [-0.25, -0.2) is 0 Å². The summed E-state index contributed by atoms with van der Waals surface area (Å²) in [5, 5.41) is 9.71. The van der Waals surface area contributed by atoms with Crippen LogP contribution < -0.4 is 5.73 Å². The molecule has 1 heterocycles. The standard InChI is InChI=1S/C15H25N3O/c1-17(2)14-8-9-18(10-14)11-15(16,12-19)13-6-4-3-5-7-13/h3-7,14,19H,8-12,16H2,1-2H3. The third-order valence-electron chi connectivity index (χ3n) is 4.11. The molecule has 19 heavy (non-hydrogen) atoms. The second-order valence-electron chi connectivity index (χ2n) is 5.82. The molecule has 1 aromatic carbocycles. The van der Waals surface area contributed by atoms with Crippen molar-refractivity contribution >= 4 is 0 Å². The van der Waals surface area contributed by atoms with Crippen LogP contribution in [0.3, 0.4) is 0 Å².